The highest BCUT2D eigenvalue weighted by Crippen LogP contribution is 2.36. The van der Waals surface area contributed by atoms with Gasteiger partial charge in [0.25, 0.3) is 0 Å². The fraction of sp³-hybridized carbons (Fsp3) is 0.310. The van der Waals surface area contributed by atoms with Crippen molar-refractivity contribution in [3.05, 3.63) is 96.9 Å². The molecule has 0 saturated heterocycles. The molecule has 0 spiro atoms. The SMILES string of the molecule is CCCCNC(=O)[C@H](Cc1ccccc1)N(Cc1c(Cl)cccc1Cl)C(=O)CN(c1cc(Cl)c(Cl)cc1Cl)S(C)(=O)=O. The Morgan fingerprint density at radius 1 is 0.857 bits per heavy atom. The first kappa shape index (κ1) is 34.3. The molecular formula is C29H30Cl5N3O4S. The fourth-order valence-electron chi connectivity index (χ4n) is 4.21. The zero-order chi connectivity index (χ0) is 31.0. The lowest BCUT2D eigenvalue weighted by molar-refractivity contribution is -0.140. The zero-order valence-electron chi connectivity index (χ0n) is 22.9. The second-order valence-electron chi connectivity index (χ2n) is 9.56. The monoisotopic (exact) mass is 691 g/mol. The van der Waals surface area contributed by atoms with Crippen molar-refractivity contribution < 1.29 is 18.0 Å². The molecule has 226 valence electrons. The summed E-state index contributed by atoms with van der Waals surface area (Å²) in [5, 5.41) is 3.63. The summed E-state index contributed by atoms with van der Waals surface area (Å²) < 4.78 is 26.8. The summed E-state index contributed by atoms with van der Waals surface area (Å²) in [4.78, 5) is 29.1. The van der Waals surface area contributed by atoms with E-state index in [0.717, 1.165) is 29.0 Å². The average Bonchev–Trinajstić information content (AvgIpc) is 2.93. The van der Waals surface area contributed by atoms with Crippen molar-refractivity contribution in [2.24, 2.45) is 0 Å². The number of carbonyl (C=O) groups excluding carboxylic acids is 2. The van der Waals surface area contributed by atoms with E-state index >= 15 is 0 Å². The highest BCUT2D eigenvalue weighted by atomic mass is 35.5. The Morgan fingerprint density at radius 3 is 2.07 bits per heavy atom. The predicted octanol–water partition coefficient (Wildman–Crippen LogP) is 7.28. The number of carbonyl (C=O) groups is 2. The van der Waals surface area contributed by atoms with Crippen LogP contribution in [0.5, 0.6) is 0 Å². The fourth-order valence-corrected chi connectivity index (χ4v) is 6.28. The number of nitrogens with zero attached hydrogens (tertiary/aromatic N) is 2. The first-order valence-electron chi connectivity index (χ1n) is 13.0. The lowest BCUT2D eigenvalue weighted by Gasteiger charge is -2.34. The van der Waals surface area contributed by atoms with Gasteiger partial charge in [-0.1, -0.05) is 108 Å². The van der Waals surface area contributed by atoms with Crippen LogP contribution < -0.4 is 9.62 Å². The molecule has 0 bridgehead atoms. The van der Waals surface area contributed by atoms with Crippen molar-refractivity contribution in [3.8, 4) is 0 Å². The summed E-state index contributed by atoms with van der Waals surface area (Å²) in [5.41, 5.74) is 1.17. The van der Waals surface area contributed by atoms with Crippen LogP contribution in [0.15, 0.2) is 60.7 Å². The van der Waals surface area contributed by atoms with Gasteiger partial charge in [0.05, 0.1) is 27.0 Å². The molecule has 3 aromatic rings. The summed E-state index contributed by atoms with van der Waals surface area (Å²) >= 11 is 31.5. The molecule has 0 unspecified atom stereocenters. The van der Waals surface area contributed by atoms with Gasteiger partial charge in [0.1, 0.15) is 12.6 Å². The van der Waals surface area contributed by atoms with E-state index in [0.29, 0.717) is 12.1 Å². The van der Waals surface area contributed by atoms with Gasteiger partial charge in [-0.25, -0.2) is 8.42 Å². The second-order valence-corrected chi connectivity index (χ2v) is 13.5. The van der Waals surface area contributed by atoms with Crippen LogP contribution in [-0.2, 0) is 32.6 Å². The van der Waals surface area contributed by atoms with Crippen LogP contribution in [0.2, 0.25) is 25.1 Å². The molecule has 1 atom stereocenters. The van der Waals surface area contributed by atoms with E-state index in [4.69, 9.17) is 58.0 Å². The summed E-state index contributed by atoms with van der Waals surface area (Å²) in [5.74, 6) is -1.09. The third kappa shape index (κ3) is 9.15. The molecular weight excluding hydrogens is 664 g/mol. The lowest BCUT2D eigenvalue weighted by Crippen LogP contribution is -2.53. The Kier molecular flexibility index (Phi) is 12.7. The van der Waals surface area contributed by atoms with Gasteiger partial charge in [-0.3, -0.25) is 13.9 Å². The van der Waals surface area contributed by atoms with Crippen LogP contribution in [-0.4, -0.2) is 50.5 Å². The van der Waals surface area contributed by atoms with Crippen LogP contribution in [0.25, 0.3) is 0 Å². The van der Waals surface area contributed by atoms with Gasteiger partial charge < -0.3 is 10.2 Å². The molecule has 0 fully saturated rings. The number of rotatable bonds is 13. The van der Waals surface area contributed by atoms with Crippen molar-refractivity contribution in [2.75, 3.05) is 23.7 Å². The molecule has 0 heterocycles. The first-order chi connectivity index (χ1) is 19.8. The molecule has 0 aliphatic carbocycles. The van der Waals surface area contributed by atoms with Gasteiger partial charge in [-0.2, -0.15) is 0 Å². The highest BCUT2D eigenvalue weighted by molar-refractivity contribution is 7.92. The second kappa shape index (κ2) is 15.5. The van der Waals surface area contributed by atoms with E-state index in [1.165, 1.54) is 17.0 Å². The normalized spacial score (nSPS) is 12.1. The number of hydrogen-bond acceptors (Lipinski definition) is 4. The minimum absolute atomic E-state index is 0.0264. The van der Waals surface area contributed by atoms with E-state index < -0.39 is 34.4 Å². The molecule has 2 amide bonds. The molecule has 0 aromatic heterocycles. The Labute approximate surface area is 271 Å². The third-order valence-electron chi connectivity index (χ3n) is 6.43. The highest BCUT2D eigenvalue weighted by Gasteiger charge is 2.34. The quantitative estimate of drug-likeness (QED) is 0.151. The van der Waals surface area contributed by atoms with Crippen molar-refractivity contribution in [1.82, 2.24) is 10.2 Å². The molecule has 42 heavy (non-hydrogen) atoms. The maximum atomic E-state index is 14.2. The summed E-state index contributed by atoms with van der Waals surface area (Å²) in [6, 6.07) is 15.6. The van der Waals surface area contributed by atoms with Crippen LogP contribution in [0.1, 0.15) is 30.9 Å². The van der Waals surface area contributed by atoms with Crippen molar-refractivity contribution in [1.29, 1.82) is 0 Å². The largest absolute Gasteiger partial charge is 0.354 e. The lowest BCUT2D eigenvalue weighted by atomic mass is 10.0. The Morgan fingerprint density at radius 2 is 1.48 bits per heavy atom. The maximum Gasteiger partial charge on any atom is 0.244 e. The minimum atomic E-state index is -4.06. The molecule has 3 aromatic carbocycles. The molecule has 13 heteroatoms. The zero-order valence-corrected chi connectivity index (χ0v) is 27.5. The number of benzene rings is 3. The van der Waals surface area contributed by atoms with Crippen molar-refractivity contribution >= 4 is 85.5 Å². The van der Waals surface area contributed by atoms with Gasteiger partial charge in [-0.05, 0) is 36.2 Å². The van der Waals surface area contributed by atoms with Gasteiger partial charge in [0, 0.05) is 35.1 Å². The van der Waals surface area contributed by atoms with Crippen LogP contribution in [0.3, 0.4) is 0 Å². The number of hydrogen-bond donors (Lipinski definition) is 1. The van der Waals surface area contributed by atoms with Crippen LogP contribution in [0, 0.1) is 0 Å². The predicted molar refractivity (Wildman–Crippen MR) is 173 cm³/mol. The van der Waals surface area contributed by atoms with Crippen molar-refractivity contribution in [2.45, 2.75) is 38.8 Å². The van der Waals surface area contributed by atoms with Crippen LogP contribution >= 0.6 is 58.0 Å². The molecule has 1 N–H and O–H groups in total. The van der Waals surface area contributed by atoms with Gasteiger partial charge in [0.2, 0.25) is 21.8 Å². The number of halogens is 5. The number of sulfonamides is 1. The van der Waals surface area contributed by atoms with E-state index in [-0.39, 0.29) is 43.8 Å². The smallest absolute Gasteiger partial charge is 0.244 e. The van der Waals surface area contributed by atoms with Gasteiger partial charge in [-0.15, -0.1) is 0 Å². The van der Waals surface area contributed by atoms with E-state index in [9.17, 15) is 18.0 Å². The Bertz CT molecular complexity index is 1500. The molecule has 3 rings (SSSR count). The maximum absolute atomic E-state index is 14.2. The topological polar surface area (TPSA) is 86.8 Å². The summed E-state index contributed by atoms with van der Waals surface area (Å²) in [6.45, 7) is 1.55. The minimum Gasteiger partial charge on any atom is -0.354 e. The first-order valence-corrected chi connectivity index (χ1v) is 16.7. The summed E-state index contributed by atoms with van der Waals surface area (Å²) in [7, 11) is -4.06. The van der Waals surface area contributed by atoms with E-state index in [1.54, 1.807) is 18.2 Å². The molecule has 0 radical (unpaired) electrons. The third-order valence-corrected chi connectivity index (χ3v) is 9.29. The van der Waals surface area contributed by atoms with Gasteiger partial charge in [0.15, 0.2) is 0 Å². The van der Waals surface area contributed by atoms with Crippen LogP contribution in [0.4, 0.5) is 5.69 Å². The number of amides is 2. The average molecular weight is 694 g/mol. The summed E-state index contributed by atoms with van der Waals surface area (Å²) in [6.07, 6.45) is 2.69. The Balaban J connectivity index is 2.12. The van der Waals surface area contributed by atoms with E-state index in [1.807, 2.05) is 37.3 Å². The standard InChI is InChI=1S/C29H30Cl5N3O4S/c1-3-4-13-35-29(39)27(14-19-9-6-5-7-10-19)36(17-20-21(30)11-8-12-22(20)31)28(38)18-37(42(2,40)41)26-16-24(33)23(32)15-25(26)34/h5-12,15-16,27H,3-4,13-14,17-18H2,1-2H3,(H,35,39)/t27-/m0/s1. The molecule has 7 nitrogen and oxygen atoms in total. The van der Waals surface area contributed by atoms with Gasteiger partial charge >= 0.3 is 0 Å². The molecule has 0 aliphatic rings. The molecule has 0 aliphatic heterocycles. The number of unbranched alkanes of at least 4 members (excludes halogenated alkanes) is 1. The molecule has 0 saturated carbocycles. The van der Waals surface area contributed by atoms with E-state index in [2.05, 4.69) is 5.32 Å². The Hall–Kier alpha value is -2.20. The number of anilines is 1. The number of nitrogens with one attached hydrogen (secondary N) is 1. The van der Waals surface area contributed by atoms with Crippen molar-refractivity contribution in [3.63, 3.8) is 0 Å².